The molecule has 0 bridgehead atoms. The number of halogens is 2. The number of amides is 1. The molecule has 5 heteroatoms. The maximum Gasteiger partial charge on any atom is 0.252 e. The number of nitrogens with one attached hydrogen (secondary N) is 1. The highest BCUT2D eigenvalue weighted by Crippen LogP contribution is 2.13. The average Bonchev–Trinajstić information content (AvgIpc) is 2.27. The highest BCUT2D eigenvalue weighted by Gasteiger charge is 2.09. The van der Waals surface area contributed by atoms with Crippen LogP contribution < -0.4 is 5.32 Å². The fourth-order valence-corrected chi connectivity index (χ4v) is 2.05. The SMILES string of the molecule is CC(C)COCCNC(=O)c1ccc(F)cc1I. The number of rotatable bonds is 6. The molecule has 0 heterocycles. The Kier molecular flexibility index (Phi) is 6.56. The summed E-state index contributed by atoms with van der Waals surface area (Å²) in [5.74, 6) is -0.0532. The fraction of sp³-hybridized carbons (Fsp3) is 0.462. The molecule has 0 saturated heterocycles. The lowest BCUT2D eigenvalue weighted by molar-refractivity contribution is 0.0885. The van der Waals surface area contributed by atoms with Gasteiger partial charge in [0.15, 0.2) is 0 Å². The van der Waals surface area contributed by atoms with Crippen molar-refractivity contribution in [3.05, 3.63) is 33.1 Å². The Balaban J connectivity index is 2.36. The van der Waals surface area contributed by atoms with E-state index in [1.54, 1.807) is 0 Å². The van der Waals surface area contributed by atoms with Gasteiger partial charge in [-0.3, -0.25) is 4.79 Å². The lowest BCUT2D eigenvalue weighted by atomic mass is 10.2. The molecule has 3 nitrogen and oxygen atoms in total. The van der Waals surface area contributed by atoms with Crippen LogP contribution in [0.15, 0.2) is 18.2 Å². The van der Waals surface area contributed by atoms with Crippen LogP contribution in [0.25, 0.3) is 0 Å². The molecule has 0 fully saturated rings. The van der Waals surface area contributed by atoms with Gasteiger partial charge >= 0.3 is 0 Å². The normalized spacial score (nSPS) is 10.7. The molecule has 100 valence electrons. The van der Waals surface area contributed by atoms with E-state index in [0.717, 1.165) is 0 Å². The third kappa shape index (κ3) is 5.30. The predicted molar refractivity (Wildman–Crippen MR) is 77.1 cm³/mol. The van der Waals surface area contributed by atoms with Crippen LogP contribution in [0.1, 0.15) is 24.2 Å². The summed E-state index contributed by atoms with van der Waals surface area (Å²) in [4.78, 5) is 11.8. The summed E-state index contributed by atoms with van der Waals surface area (Å²) in [6.07, 6.45) is 0. The number of benzene rings is 1. The van der Waals surface area contributed by atoms with Crippen LogP contribution in [-0.2, 0) is 4.74 Å². The zero-order valence-electron chi connectivity index (χ0n) is 10.5. The Morgan fingerprint density at radius 1 is 1.50 bits per heavy atom. The minimum atomic E-state index is -0.337. The first-order valence-electron chi connectivity index (χ1n) is 5.81. The number of carbonyl (C=O) groups excluding carboxylic acids is 1. The lowest BCUT2D eigenvalue weighted by Gasteiger charge is -2.09. The van der Waals surface area contributed by atoms with E-state index in [1.807, 2.05) is 22.6 Å². The zero-order valence-corrected chi connectivity index (χ0v) is 12.7. The van der Waals surface area contributed by atoms with E-state index in [2.05, 4.69) is 19.2 Å². The number of hydrogen-bond acceptors (Lipinski definition) is 2. The molecular formula is C13H17FINO2. The summed E-state index contributed by atoms with van der Waals surface area (Å²) in [7, 11) is 0. The molecule has 1 amide bonds. The number of hydrogen-bond donors (Lipinski definition) is 1. The van der Waals surface area contributed by atoms with Gasteiger partial charge in [-0.1, -0.05) is 13.8 Å². The molecule has 0 aromatic heterocycles. The fourth-order valence-electron chi connectivity index (χ4n) is 1.32. The van der Waals surface area contributed by atoms with E-state index in [4.69, 9.17) is 4.74 Å². The van der Waals surface area contributed by atoms with Crippen molar-refractivity contribution in [1.82, 2.24) is 5.32 Å². The van der Waals surface area contributed by atoms with Gasteiger partial charge in [0.2, 0.25) is 0 Å². The van der Waals surface area contributed by atoms with E-state index in [9.17, 15) is 9.18 Å². The van der Waals surface area contributed by atoms with Gasteiger partial charge in [0.05, 0.1) is 12.2 Å². The van der Waals surface area contributed by atoms with Gasteiger partial charge in [0.25, 0.3) is 5.91 Å². The lowest BCUT2D eigenvalue weighted by Crippen LogP contribution is -2.28. The molecule has 0 atom stereocenters. The molecule has 0 unspecified atom stereocenters. The van der Waals surface area contributed by atoms with E-state index in [-0.39, 0.29) is 11.7 Å². The van der Waals surface area contributed by atoms with Crippen molar-refractivity contribution in [2.24, 2.45) is 5.92 Å². The molecule has 1 rings (SSSR count). The van der Waals surface area contributed by atoms with Crippen LogP contribution >= 0.6 is 22.6 Å². The molecule has 18 heavy (non-hydrogen) atoms. The largest absolute Gasteiger partial charge is 0.379 e. The van der Waals surface area contributed by atoms with Gasteiger partial charge < -0.3 is 10.1 Å². The minimum absolute atomic E-state index is 0.201. The standard InChI is InChI=1S/C13H17FINO2/c1-9(2)8-18-6-5-16-13(17)11-4-3-10(14)7-12(11)15/h3-4,7,9H,5-6,8H2,1-2H3,(H,16,17). The molecular weight excluding hydrogens is 348 g/mol. The van der Waals surface area contributed by atoms with Crippen LogP contribution in [0.4, 0.5) is 4.39 Å². The van der Waals surface area contributed by atoms with E-state index >= 15 is 0 Å². The Hall–Kier alpha value is -0.690. The molecule has 1 N–H and O–H groups in total. The van der Waals surface area contributed by atoms with E-state index < -0.39 is 0 Å². The Morgan fingerprint density at radius 2 is 2.22 bits per heavy atom. The summed E-state index contributed by atoms with van der Waals surface area (Å²) >= 11 is 1.95. The summed E-state index contributed by atoms with van der Waals surface area (Å²) < 4.78 is 18.8. The summed E-state index contributed by atoms with van der Waals surface area (Å²) in [6, 6.07) is 4.11. The van der Waals surface area contributed by atoms with Gasteiger partial charge in [-0.25, -0.2) is 4.39 Å². The van der Waals surface area contributed by atoms with Gasteiger partial charge in [-0.15, -0.1) is 0 Å². The highest BCUT2D eigenvalue weighted by atomic mass is 127. The molecule has 0 aliphatic rings. The Bertz CT molecular complexity index is 410. The second-order valence-electron chi connectivity index (χ2n) is 4.35. The van der Waals surface area contributed by atoms with Gasteiger partial charge in [-0.2, -0.15) is 0 Å². The molecule has 1 aromatic rings. The van der Waals surface area contributed by atoms with Crippen molar-refractivity contribution in [3.8, 4) is 0 Å². The summed E-state index contributed by atoms with van der Waals surface area (Å²) in [5, 5.41) is 2.74. The Morgan fingerprint density at radius 3 is 2.83 bits per heavy atom. The van der Waals surface area contributed by atoms with Crippen molar-refractivity contribution in [3.63, 3.8) is 0 Å². The first-order chi connectivity index (χ1) is 8.50. The topological polar surface area (TPSA) is 38.3 Å². The van der Waals surface area contributed by atoms with E-state index in [1.165, 1.54) is 18.2 Å². The molecule has 0 aliphatic carbocycles. The number of ether oxygens (including phenoxy) is 1. The van der Waals surface area contributed by atoms with E-state index in [0.29, 0.717) is 34.8 Å². The minimum Gasteiger partial charge on any atom is -0.379 e. The molecule has 0 saturated carbocycles. The third-order valence-electron chi connectivity index (χ3n) is 2.16. The van der Waals surface area contributed by atoms with Crippen LogP contribution in [0.2, 0.25) is 0 Å². The van der Waals surface area contributed by atoms with Crippen LogP contribution in [0, 0.1) is 15.3 Å². The smallest absolute Gasteiger partial charge is 0.252 e. The van der Waals surface area contributed by atoms with Gasteiger partial charge in [0, 0.05) is 16.7 Å². The van der Waals surface area contributed by atoms with Crippen LogP contribution in [-0.4, -0.2) is 25.7 Å². The zero-order chi connectivity index (χ0) is 13.5. The molecule has 0 aliphatic heterocycles. The van der Waals surface area contributed by atoms with Gasteiger partial charge in [-0.05, 0) is 46.7 Å². The predicted octanol–water partition coefficient (Wildman–Crippen LogP) is 2.83. The quantitative estimate of drug-likeness (QED) is 0.622. The van der Waals surface area contributed by atoms with Crippen molar-refractivity contribution in [2.45, 2.75) is 13.8 Å². The first-order valence-corrected chi connectivity index (χ1v) is 6.89. The maximum atomic E-state index is 12.9. The second kappa shape index (κ2) is 7.68. The average molecular weight is 365 g/mol. The maximum absolute atomic E-state index is 12.9. The third-order valence-corrected chi connectivity index (χ3v) is 3.05. The monoisotopic (exact) mass is 365 g/mol. The van der Waals surface area contributed by atoms with Crippen LogP contribution in [0.5, 0.6) is 0 Å². The van der Waals surface area contributed by atoms with Crippen molar-refractivity contribution in [1.29, 1.82) is 0 Å². The summed E-state index contributed by atoms with van der Waals surface area (Å²) in [5.41, 5.74) is 0.487. The van der Waals surface area contributed by atoms with Crippen molar-refractivity contribution in [2.75, 3.05) is 19.8 Å². The van der Waals surface area contributed by atoms with Crippen molar-refractivity contribution < 1.29 is 13.9 Å². The van der Waals surface area contributed by atoms with Crippen molar-refractivity contribution >= 4 is 28.5 Å². The Labute approximate surface area is 120 Å². The number of carbonyl (C=O) groups is 1. The molecule has 0 spiro atoms. The molecule has 1 aromatic carbocycles. The second-order valence-corrected chi connectivity index (χ2v) is 5.51. The van der Waals surface area contributed by atoms with Crippen LogP contribution in [0.3, 0.4) is 0 Å². The first kappa shape index (κ1) is 15.4. The molecule has 0 radical (unpaired) electrons. The summed E-state index contributed by atoms with van der Waals surface area (Å²) in [6.45, 7) is 5.77. The highest BCUT2D eigenvalue weighted by molar-refractivity contribution is 14.1. The van der Waals surface area contributed by atoms with Gasteiger partial charge in [0.1, 0.15) is 5.82 Å².